The number of carbonyl (C=O) groups excluding carboxylic acids is 1. The first kappa shape index (κ1) is 22.0. The Labute approximate surface area is 185 Å². The van der Waals surface area contributed by atoms with Gasteiger partial charge in [-0.05, 0) is 17.9 Å². The summed E-state index contributed by atoms with van der Waals surface area (Å²) >= 11 is 1.39. The maximum atomic E-state index is 12.1. The van der Waals surface area contributed by atoms with Crippen LogP contribution in [-0.2, 0) is 16.0 Å². The monoisotopic (exact) mass is 396 g/mol. The molecule has 6 nitrogen and oxygen atoms in total. The summed E-state index contributed by atoms with van der Waals surface area (Å²) in [6, 6.07) is 9.41. The molecule has 2 heterocycles. The zero-order chi connectivity index (χ0) is 18.7. The quantitative estimate of drug-likeness (QED) is 0.193. The van der Waals surface area contributed by atoms with E-state index in [1.807, 2.05) is 37.3 Å². The average molecular weight is 396 g/mol. The molecule has 27 heavy (non-hydrogen) atoms. The van der Waals surface area contributed by atoms with Crippen molar-refractivity contribution >= 4 is 29.5 Å². The number of carboxylic acid groups (broad SMARTS) is 1. The molecule has 1 aromatic carbocycles. The van der Waals surface area contributed by atoms with Crippen LogP contribution in [0, 0.1) is 5.92 Å². The molecule has 0 radical (unpaired) electrons. The van der Waals surface area contributed by atoms with Crippen LogP contribution in [-0.4, -0.2) is 46.1 Å². The molecular formula is C19H21N2NaO4S. The van der Waals surface area contributed by atoms with E-state index in [1.54, 1.807) is 0 Å². The van der Waals surface area contributed by atoms with Crippen molar-refractivity contribution in [2.45, 2.75) is 32.2 Å². The van der Waals surface area contributed by atoms with Crippen molar-refractivity contribution < 1.29 is 49.4 Å². The largest absolute Gasteiger partial charge is 1.00 e. The van der Waals surface area contributed by atoms with Crippen LogP contribution in [0.25, 0.3) is 0 Å². The summed E-state index contributed by atoms with van der Waals surface area (Å²) in [7, 11) is 0. The van der Waals surface area contributed by atoms with E-state index in [2.05, 4.69) is 4.99 Å². The molecule has 1 saturated heterocycles. The smallest absolute Gasteiger partial charge is 0.862 e. The molecule has 1 amide bonds. The molecule has 2 aliphatic rings. The van der Waals surface area contributed by atoms with Crippen molar-refractivity contribution in [1.82, 2.24) is 4.90 Å². The number of hydrogen-bond acceptors (Lipinski definition) is 5. The molecule has 0 aliphatic carbocycles. The molecule has 2 aliphatic heterocycles. The van der Waals surface area contributed by atoms with Gasteiger partial charge in [-0.15, -0.1) is 11.8 Å². The number of rotatable bonds is 8. The van der Waals surface area contributed by atoms with Crippen LogP contribution in [0.3, 0.4) is 0 Å². The van der Waals surface area contributed by atoms with Crippen LogP contribution >= 0.6 is 11.8 Å². The van der Waals surface area contributed by atoms with E-state index in [9.17, 15) is 19.8 Å². The number of β-lactam (4-membered cyclic amide) rings is 1. The van der Waals surface area contributed by atoms with Gasteiger partial charge in [-0.2, -0.15) is 0 Å². The van der Waals surface area contributed by atoms with E-state index in [-0.39, 0.29) is 65.4 Å². The predicted octanol–water partition coefficient (Wildman–Crippen LogP) is -1.34. The normalized spacial score (nSPS) is 21.6. The summed E-state index contributed by atoms with van der Waals surface area (Å²) in [6.07, 6.45) is 1.60. The van der Waals surface area contributed by atoms with Gasteiger partial charge in [0.15, 0.2) is 0 Å². The van der Waals surface area contributed by atoms with Gasteiger partial charge in [-0.1, -0.05) is 37.3 Å². The topological polar surface area (TPSA) is 93.0 Å². The van der Waals surface area contributed by atoms with Gasteiger partial charge in [0.2, 0.25) is 5.91 Å². The molecule has 0 bridgehead atoms. The second kappa shape index (κ2) is 9.78. The Morgan fingerprint density at radius 3 is 2.70 bits per heavy atom. The van der Waals surface area contributed by atoms with Gasteiger partial charge in [-0.25, -0.2) is 4.79 Å². The molecule has 0 unspecified atom stereocenters. The summed E-state index contributed by atoms with van der Waals surface area (Å²) in [5, 5.41) is 21.3. The van der Waals surface area contributed by atoms with Crippen molar-refractivity contribution in [1.29, 1.82) is 0 Å². The van der Waals surface area contributed by atoms with Gasteiger partial charge in [0.25, 0.3) is 0 Å². The predicted molar refractivity (Wildman–Crippen MR) is 98.6 cm³/mol. The standard InChI is InChI=1S/C19H22N2O4S.Na/c1-2-13-14-11-15(17(19(24)25)21(14)18(13)23)26-9-8-20-16(22)10-12-6-4-3-5-7-12;/h3-7,13-14H,2,8-11H2,1H3,(H,20,22)(H,24,25);/q;+1/p-1/t13-,14-;/m1./s1. The van der Waals surface area contributed by atoms with E-state index >= 15 is 0 Å². The van der Waals surface area contributed by atoms with E-state index in [0.29, 0.717) is 18.7 Å². The molecule has 0 aromatic heterocycles. The number of aliphatic carboxylic acids is 1. The fourth-order valence-corrected chi connectivity index (χ4v) is 4.54. The van der Waals surface area contributed by atoms with E-state index < -0.39 is 5.97 Å². The molecule has 138 valence electrons. The number of fused-ring (bicyclic) bond motifs is 1. The summed E-state index contributed by atoms with van der Waals surface area (Å²) in [5.74, 6) is -0.874. The molecule has 2 atom stereocenters. The molecule has 1 aromatic rings. The SMILES string of the molecule is CC[C@H]1C(=O)N2C(C(=O)O)=C(SCCN=C([O-])Cc3ccccc3)C[C@H]12.[Na+]. The number of nitrogens with zero attached hydrogens (tertiary/aromatic N) is 2. The maximum absolute atomic E-state index is 12.1. The van der Waals surface area contributed by atoms with Gasteiger partial charge in [0.05, 0.1) is 12.0 Å². The molecule has 0 spiro atoms. The van der Waals surface area contributed by atoms with Gasteiger partial charge >= 0.3 is 35.5 Å². The Kier molecular flexibility index (Phi) is 7.97. The van der Waals surface area contributed by atoms with Crippen LogP contribution in [0.2, 0.25) is 0 Å². The molecule has 8 heteroatoms. The van der Waals surface area contributed by atoms with Crippen molar-refractivity contribution in [2.75, 3.05) is 12.3 Å². The summed E-state index contributed by atoms with van der Waals surface area (Å²) in [5.41, 5.74) is 1.04. The van der Waals surface area contributed by atoms with Gasteiger partial charge in [0, 0.05) is 30.0 Å². The zero-order valence-corrected chi connectivity index (χ0v) is 18.4. The minimum Gasteiger partial charge on any atom is -0.862 e. The Bertz CT molecular complexity index is 766. The first-order valence-electron chi connectivity index (χ1n) is 8.69. The summed E-state index contributed by atoms with van der Waals surface area (Å²) in [4.78, 5) is 29.8. The Balaban J connectivity index is 0.00000261. The van der Waals surface area contributed by atoms with Crippen LogP contribution < -0.4 is 34.7 Å². The van der Waals surface area contributed by atoms with Gasteiger partial charge in [-0.3, -0.25) is 4.79 Å². The Hall–Kier alpha value is -1.28. The van der Waals surface area contributed by atoms with Crippen molar-refractivity contribution in [3.8, 4) is 0 Å². The van der Waals surface area contributed by atoms with Crippen LogP contribution in [0.15, 0.2) is 45.9 Å². The molecular weight excluding hydrogens is 375 g/mol. The van der Waals surface area contributed by atoms with Crippen molar-refractivity contribution in [3.05, 3.63) is 46.5 Å². The van der Waals surface area contributed by atoms with Crippen LogP contribution in [0.1, 0.15) is 25.3 Å². The minimum atomic E-state index is -1.06. The van der Waals surface area contributed by atoms with Gasteiger partial charge in [0.1, 0.15) is 5.70 Å². The zero-order valence-electron chi connectivity index (χ0n) is 15.6. The minimum absolute atomic E-state index is 0. The molecule has 3 rings (SSSR count). The van der Waals surface area contributed by atoms with Crippen molar-refractivity contribution in [3.63, 3.8) is 0 Å². The fraction of sp³-hybridized carbons (Fsp3) is 0.421. The molecule has 0 saturated carbocycles. The number of thioether (sulfide) groups is 1. The first-order chi connectivity index (χ1) is 12.5. The number of benzene rings is 1. The number of carboxylic acids is 1. The average Bonchev–Trinajstić information content (AvgIpc) is 2.95. The van der Waals surface area contributed by atoms with E-state index in [1.165, 1.54) is 16.7 Å². The second-order valence-corrected chi connectivity index (χ2v) is 7.55. The maximum Gasteiger partial charge on any atom is 1.00 e. The number of hydrogen-bond donors (Lipinski definition) is 1. The fourth-order valence-electron chi connectivity index (χ4n) is 3.50. The number of carbonyl (C=O) groups is 2. The number of amides is 1. The summed E-state index contributed by atoms with van der Waals surface area (Å²) in [6.45, 7) is 2.28. The van der Waals surface area contributed by atoms with Gasteiger partial charge < -0.3 is 20.1 Å². The van der Waals surface area contributed by atoms with Crippen LogP contribution in [0.4, 0.5) is 0 Å². The third-order valence-corrected chi connectivity index (χ3v) is 5.84. The second-order valence-electron chi connectivity index (χ2n) is 6.36. The van der Waals surface area contributed by atoms with Crippen LogP contribution in [0.5, 0.6) is 0 Å². The molecule has 1 N–H and O–H groups in total. The Morgan fingerprint density at radius 1 is 1.37 bits per heavy atom. The molecule has 1 fully saturated rings. The summed E-state index contributed by atoms with van der Waals surface area (Å²) < 4.78 is 0. The Morgan fingerprint density at radius 2 is 2.07 bits per heavy atom. The first-order valence-corrected chi connectivity index (χ1v) is 9.68. The third-order valence-electron chi connectivity index (χ3n) is 4.75. The van der Waals surface area contributed by atoms with E-state index in [0.717, 1.165) is 16.9 Å². The third kappa shape index (κ3) is 4.77. The number of aliphatic imine (C=N–C) groups is 1. The van der Waals surface area contributed by atoms with Crippen molar-refractivity contribution in [2.24, 2.45) is 10.9 Å². The van der Waals surface area contributed by atoms with E-state index in [4.69, 9.17) is 0 Å².